The zero-order valence-corrected chi connectivity index (χ0v) is 25.0. The maximum absolute atomic E-state index is 13.6. The van der Waals surface area contributed by atoms with Gasteiger partial charge in [-0.15, -0.1) is 0 Å². The number of imidazole rings is 1. The number of para-hydroxylation sites is 1. The van der Waals surface area contributed by atoms with Crippen molar-refractivity contribution in [1.82, 2.24) is 24.1 Å². The summed E-state index contributed by atoms with van der Waals surface area (Å²) in [6, 6.07) is 30.3. The third-order valence-electron chi connectivity index (χ3n) is 7.87. The van der Waals surface area contributed by atoms with Crippen LogP contribution in [0.5, 0.6) is 0 Å². The number of hydrogen-bond donors (Lipinski definition) is 0. The molecule has 8 aromatic rings. The highest BCUT2D eigenvalue weighted by molar-refractivity contribution is 5.84. The van der Waals surface area contributed by atoms with Gasteiger partial charge in [0.25, 0.3) is 0 Å². The average Bonchev–Trinajstić information content (AvgIpc) is 3.48. The number of aromatic nitrogens is 5. The lowest BCUT2D eigenvalue weighted by Gasteiger charge is -2.09. The maximum atomic E-state index is 13.6. The van der Waals surface area contributed by atoms with E-state index >= 15 is 0 Å². The van der Waals surface area contributed by atoms with Crippen molar-refractivity contribution in [2.45, 2.75) is 0 Å². The molecule has 6 nitrogen and oxygen atoms in total. The zero-order chi connectivity index (χ0) is 38.7. The van der Waals surface area contributed by atoms with Crippen LogP contribution in [0.2, 0.25) is 0 Å². The van der Waals surface area contributed by atoms with Crippen LogP contribution < -0.4 is 5.69 Å². The number of nitrogens with zero attached hydrogens (tertiary/aromatic N) is 5. The molecular weight excluding hydrogens is 578 g/mol. The second-order valence-corrected chi connectivity index (χ2v) is 10.8. The molecule has 6 aromatic carbocycles. The Morgan fingerprint density at radius 1 is 0.489 bits per heavy atom. The third kappa shape index (κ3) is 5.32. The highest BCUT2D eigenvalue weighted by Gasteiger charge is 2.14. The molecule has 0 unspecified atom stereocenters. The highest BCUT2D eigenvalue weighted by Crippen LogP contribution is 2.30. The molecule has 0 spiro atoms. The first kappa shape index (κ1) is 20.6. The number of hydrogen-bond acceptors (Lipinski definition) is 4. The second kappa shape index (κ2) is 11.8. The minimum Gasteiger partial charge on any atom is -0.295 e. The fourth-order valence-electron chi connectivity index (χ4n) is 5.42. The minimum absolute atomic E-state index is 0.00310. The molecule has 0 N–H and O–H groups in total. The first-order valence-electron chi connectivity index (χ1n) is 18.8. The smallest absolute Gasteiger partial charge is 0.295 e. The Balaban J connectivity index is 1.16. The largest absolute Gasteiger partial charge is 0.333 e. The summed E-state index contributed by atoms with van der Waals surface area (Å²) in [4.78, 5) is 28.0. The number of fused-ring (bicyclic) bond motifs is 1. The summed E-state index contributed by atoms with van der Waals surface area (Å²) in [5, 5.41) is 0. The number of benzene rings is 6. The third-order valence-corrected chi connectivity index (χ3v) is 7.87. The summed E-state index contributed by atoms with van der Waals surface area (Å²) in [7, 11) is 1.38. The average molecular weight is 616 g/mol. The monoisotopic (exact) mass is 615 g/mol. The van der Waals surface area contributed by atoms with Crippen molar-refractivity contribution >= 4 is 11.0 Å². The van der Waals surface area contributed by atoms with Gasteiger partial charge < -0.3 is 0 Å². The number of aryl methyl sites for hydroxylation is 1. The van der Waals surface area contributed by atoms with Crippen LogP contribution in [0.4, 0.5) is 0 Å². The zero-order valence-electron chi connectivity index (χ0n) is 33.0. The number of rotatable bonds is 6. The van der Waals surface area contributed by atoms with E-state index in [9.17, 15) is 4.79 Å². The molecule has 0 atom stereocenters. The summed E-state index contributed by atoms with van der Waals surface area (Å²) in [6.45, 7) is 0. The van der Waals surface area contributed by atoms with E-state index in [4.69, 9.17) is 25.9 Å². The highest BCUT2D eigenvalue weighted by atomic mass is 16.1. The van der Waals surface area contributed by atoms with Crippen LogP contribution in [0, 0.1) is 0 Å². The molecule has 47 heavy (non-hydrogen) atoms. The normalized spacial score (nSPS) is 13.6. The summed E-state index contributed by atoms with van der Waals surface area (Å²) < 4.78 is 70.0. The van der Waals surface area contributed by atoms with E-state index in [1.807, 2.05) is 97.1 Å². The molecule has 224 valence electrons. The van der Waals surface area contributed by atoms with Crippen LogP contribution in [-0.4, -0.2) is 24.1 Å². The Morgan fingerprint density at radius 3 is 1.45 bits per heavy atom. The first-order chi connectivity index (χ1) is 26.5. The molecule has 0 radical (unpaired) electrons. The molecule has 2 aromatic heterocycles. The molecule has 0 saturated carbocycles. The van der Waals surface area contributed by atoms with Crippen molar-refractivity contribution in [3.8, 4) is 62.1 Å². The summed E-state index contributed by atoms with van der Waals surface area (Å²) >= 11 is 0. The summed E-state index contributed by atoms with van der Waals surface area (Å²) in [6.07, 6.45) is 0. The van der Waals surface area contributed by atoms with Crippen molar-refractivity contribution in [3.63, 3.8) is 0 Å². The Morgan fingerprint density at radius 2 is 0.936 bits per heavy atom. The standard InChI is InChI=1S/C41H29N5O/c1-45-37-27-34(25-26-36(37)46(41(45)47)35-15-9-4-10-16-35)30-19-17-28(18-20-30)29-21-23-33(24-22-29)40-43-38(31-11-5-2-6-12-31)42-39(44-40)32-13-7-3-8-14-32/h2-27H,1H3/i4D,9D,10D,15D,16D,25D,26D,27D. The van der Waals surface area contributed by atoms with E-state index in [1.54, 1.807) is 12.1 Å². The van der Waals surface area contributed by atoms with Gasteiger partial charge in [0, 0.05) is 23.7 Å². The molecule has 0 saturated heterocycles. The van der Waals surface area contributed by atoms with Crippen LogP contribution in [0.15, 0.2) is 162 Å². The van der Waals surface area contributed by atoms with Gasteiger partial charge in [-0.05, 0) is 46.4 Å². The quantitative estimate of drug-likeness (QED) is 0.187. The Labute approximate surface area is 283 Å². The lowest BCUT2D eigenvalue weighted by Crippen LogP contribution is -2.20. The molecule has 0 amide bonds. The van der Waals surface area contributed by atoms with Crippen LogP contribution in [-0.2, 0) is 7.05 Å². The molecule has 6 heteroatoms. The van der Waals surface area contributed by atoms with Crippen molar-refractivity contribution in [2.75, 3.05) is 0 Å². The van der Waals surface area contributed by atoms with Crippen molar-refractivity contribution in [1.29, 1.82) is 0 Å². The van der Waals surface area contributed by atoms with Gasteiger partial charge in [0.2, 0.25) is 0 Å². The predicted molar refractivity (Wildman–Crippen MR) is 189 cm³/mol. The topological polar surface area (TPSA) is 65.6 Å². The Bertz CT molecular complexity index is 2770. The predicted octanol–water partition coefficient (Wildman–Crippen LogP) is 8.85. The van der Waals surface area contributed by atoms with E-state index < -0.39 is 47.6 Å². The molecule has 0 fully saturated rings. The second-order valence-electron chi connectivity index (χ2n) is 10.8. The van der Waals surface area contributed by atoms with Crippen LogP contribution >= 0.6 is 0 Å². The lowest BCUT2D eigenvalue weighted by atomic mass is 9.99. The molecule has 0 aliphatic carbocycles. The molecule has 2 heterocycles. The van der Waals surface area contributed by atoms with Crippen LogP contribution in [0.1, 0.15) is 11.0 Å². The van der Waals surface area contributed by atoms with Crippen molar-refractivity contribution in [3.05, 3.63) is 168 Å². The van der Waals surface area contributed by atoms with Gasteiger partial charge in [0.05, 0.1) is 27.7 Å². The maximum Gasteiger partial charge on any atom is 0.333 e. The molecule has 0 aliphatic heterocycles. The van der Waals surface area contributed by atoms with Crippen LogP contribution in [0.3, 0.4) is 0 Å². The minimum atomic E-state index is -0.810. The van der Waals surface area contributed by atoms with Gasteiger partial charge in [-0.3, -0.25) is 9.13 Å². The van der Waals surface area contributed by atoms with Gasteiger partial charge >= 0.3 is 5.69 Å². The molecule has 8 rings (SSSR count). The Kier molecular flexibility index (Phi) is 5.19. The van der Waals surface area contributed by atoms with Gasteiger partial charge in [0.15, 0.2) is 17.5 Å². The fraction of sp³-hybridized carbons (Fsp3) is 0.0244. The molecule has 0 aliphatic rings. The molecule has 0 bridgehead atoms. The summed E-state index contributed by atoms with van der Waals surface area (Å²) in [5.41, 5.74) is 3.43. The van der Waals surface area contributed by atoms with Crippen LogP contribution in [0.25, 0.3) is 73.1 Å². The van der Waals surface area contributed by atoms with E-state index in [-0.39, 0.29) is 28.7 Å². The van der Waals surface area contributed by atoms with Gasteiger partial charge in [-0.25, -0.2) is 19.7 Å². The van der Waals surface area contributed by atoms with Crippen molar-refractivity contribution < 1.29 is 11.0 Å². The first-order valence-corrected chi connectivity index (χ1v) is 14.8. The van der Waals surface area contributed by atoms with E-state index in [0.29, 0.717) is 23.0 Å². The van der Waals surface area contributed by atoms with Gasteiger partial charge in [-0.1, -0.05) is 133 Å². The molecular formula is C41H29N5O. The van der Waals surface area contributed by atoms with E-state index in [0.717, 1.165) is 37.0 Å². The van der Waals surface area contributed by atoms with E-state index in [2.05, 4.69) is 0 Å². The van der Waals surface area contributed by atoms with Crippen molar-refractivity contribution in [2.24, 2.45) is 7.05 Å². The fourth-order valence-corrected chi connectivity index (χ4v) is 5.42. The Hall–Kier alpha value is -6.40. The lowest BCUT2D eigenvalue weighted by molar-refractivity contribution is 0.846. The van der Waals surface area contributed by atoms with E-state index in [1.165, 1.54) is 7.05 Å². The van der Waals surface area contributed by atoms with Gasteiger partial charge in [-0.2, -0.15) is 0 Å². The summed E-state index contributed by atoms with van der Waals surface area (Å²) in [5.74, 6) is 1.65. The van der Waals surface area contributed by atoms with Gasteiger partial charge in [0.1, 0.15) is 0 Å². The SMILES string of the molecule is [2H]c1c([2H])c([2H])c(-n2c(=O)n(C)c3c([2H])c(-c4ccc(-c5ccc(-c6nc(-c7ccccc7)nc(-c7ccccc7)n6)cc5)cc4)c([2H])c([2H])c32)c([2H])c1[2H].